The molecule has 0 unspecified atom stereocenters. The molecule has 0 radical (unpaired) electrons. The van der Waals surface area contributed by atoms with E-state index in [4.69, 9.17) is 5.84 Å². The van der Waals surface area contributed by atoms with Gasteiger partial charge in [0, 0.05) is 6.07 Å². The highest BCUT2D eigenvalue weighted by atomic mass is 19.3. The molecule has 5 nitrogen and oxygen atoms in total. The molecule has 0 bridgehead atoms. The Kier molecular flexibility index (Phi) is 4.05. The third-order valence-electron chi connectivity index (χ3n) is 1.81. The van der Waals surface area contributed by atoms with Crippen LogP contribution >= 0.6 is 0 Å². The van der Waals surface area contributed by atoms with Gasteiger partial charge in [-0.25, -0.2) is 24.6 Å². The summed E-state index contributed by atoms with van der Waals surface area (Å²) in [7, 11) is 0. The monoisotopic (exact) mass is 253 g/mol. The van der Waals surface area contributed by atoms with Gasteiger partial charge < -0.3 is 10.7 Å². The second kappa shape index (κ2) is 5.13. The normalized spacial score (nSPS) is 11.7. The average molecular weight is 253 g/mol. The molecule has 0 aliphatic carbocycles. The van der Waals surface area contributed by atoms with Crippen molar-refractivity contribution in [2.24, 2.45) is 5.84 Å². The molecule has 0 spiro atoms. The summed E-state index contributed by atoms with van der Waals surface area (Å²) >= 11 is 0. The van der Waals surface area contributed by atoms with Gasteiger partial charge in [0.15, 0.2) is 0 Å². The van der Waals surface area contributed by atoms with Crippen molar-refractivity contribution in [2.45, 2.75) is 19.3 Å². The van der Waals surface area contributed by atoms with Crippen molar-refractivity contribution in [3.8, 4) is 0 Å². The van der Waals surface area contributed by atoms with E-state index >= 15 is 0 Å². The predicted octanol–water partition coefficient (Wildman–Crippen LogP) is 1.38. The number of hydrazine groups is 1. The van der Waals surface area contributed by atoms with Gasteiger partial charge in [-0.15, -0.1) is 0 Å². The van der Waals surface area contributed by atoms with Gasteiger partial charge in [0.25, 0.3) is 0 Å². The fourth-order valence-electron chi connectivity index (χ4n) is 1.02. The largest absolute Gasteiger partial charge is 0.364 e. The molecule has 9 heteroatoms. The number of anilines is 2. The van der Waals surface area contributed by atoms with Gasteiger partial charge in [0.05, 0.1) is 6.54 Å². The van der Waals surface area contributed by atoms with E-state index in [0.717, 1.165) is 0 Å². The second-order valence-corrected chi connectivity index (χ2v) is 3.25. The molecule has 0 saturated carbocycles. The predicted molar refractivity (Wildman–Crippen MR) is 54.0 cm³/mol. The average Bonchev–Trinajstić information content (AvgIpc) is 2.25. The molecule has 0 amide bonds. The fraction of sp³-hybridized carbons (Fsp3) is 0.500. The van der Waals surface area contributed by atoms with Crippen LogP contribution in [0.3, 0.4) is 0 Å². The summed E-state index contributed by atoms with van der Waals surface area (Å²) in [6.07, 6.45) is -3.73. The number of rotatable bonds is 5. The summed E-state index contributed by atoms with van der Waals surface area (Å²) in [4.78, 5) is 7.56. The van der Waals surface area contributed by atoms with E-state index in [1.54, 1.807) is 0 Å². The molecule has 0 aromatic carbocycles. The van der Waals surface area contributed by atoms with Crippen LogP contribution in [0.25, 0.3) is 0 Å². The molecule has 0 aliphatic rings. The molecular formula is C8H11F4N5. The maximum atomic E-state index is 12.6. The molecule has 0 fully saturated rings. The van der Waals surface area contributed by atoms with Crippen LogP contribution in [0.4, 0.5) is 29.2 Å². The molecule has 0 atom stereocenters. The van der Waals surface area contributed by atoms with Crippen molar-refractivity contribution in [2.75, 3.05) is 17.3 Å². The number of hydrogen-bond donors (Lipinski definition) is 3. The van der Waals surface area contributed by atoms with E-state index in [0.29, 0.717) is 0 Å². The third kappa shape index (κ3) is 3.70. The highest BCUT2D eigenvalue weighted by Crippen LogP contribution is 2.23. The maximum Gasteiger partial charge on any atom is 0.324 e. The molecular weight excluding hydrogens is 242 g/mol. The lowest BCUT2D eigenvalue weighted by Crippen LogP contribution is -2.35. The van der Waals surface area contributed by atoms with E-state index in [2.05, 4.69) is 20.7 Å². The Balaban J connectivity index is 2.72. The third-order valence-corrected chi connectivity index (χ3v) is 1.81. The number of aromatic nitrogens is 2. The van der Waals surface area contributed by atoms with Gasteiger partial charge in [-0.2, -0.15) is 8.78 Å². The Bertz CT molecular complexity index is 384. The Labute approximate surface area is 94.4 Å². The number of nitrogens with one attached hydrogen (secondary N) is 2. The Hall–Kier alpha value is -1.64. The Morgan fingerprint density at radius 2 is 1.94 bits per heavy atom. The minimum Gasteiger partial charge on any atom is -0.364 e. The van der Waals surface area contributed by atoms with Crippen LogP contribution in [0.5, 0.6) is 0 Å². The quantitative estimate of drug-likeness (QED) is 0.420. The standard InChI is InChI=1S/C8H11F4N5/c1-4-15-5(2-6(16-4)17-13)14-3-8(11,12)7(9)10/h2,7H,3,13H2,1H3,(H2,14,15,16,17). The fourth-order valence-corrected chi connectivity index (χ4v) is 1.02. The van der Waals surface area contributed by atoms with E-state index in [-0.39, 0.29) is 17.5 Å². The minimum atomic E-state index is -4.12. The van der Waals surface area contributed by atoms with Crippen molar-refractivity contribution in [3.63, 3.8) is 0 Å². The molecule has 1 heterocycles. The van der Waals surface area contributed by atoms with Gasteiger partial charge in [0.2, 0.25) is 0 Å². The summed E-state index contributed by atoms with van der Waals surface area (Å²) < 4.78 is 49.0. The SMILES string of the molecule is Cc1nc(NN)cc(NCC(F)(F)C(F)F)n1. The second-order valence-electron chi connectivity index (χ2n) is 3.25. The maximum absolute atomic E-state index is 12.6. The van der Waals surface area contributed by atoms with Crippen molar-refractivity contribution in [1.82, 2.24) is 9.97 Å². The minimum absolute atomic E-state index is 0.00854. The number of hydrogen-bond acceptors (Lipinski definition) is 5. The van der Waals surface area contributed by atoms with Gasteiger partial charge in [-0.05, 0) is 6.92 Å². The number of halogens is 4. The topological polar surface area (TPSA) is 75.9 Å². The zero-order valence-corrected chi connectivity index (χ0v) is 8.85. The van der Waals surface area contributed by atoms with E-state index in [9.17, 15) is 17.6 Å². The van der Waals surface area contributed by atoms with Crippen molar-refractivity contribution >= 4 is 11.6 Å². The number of alkyl halides is 4. The first-order valence-electron chi connectivity index (χ1n) is 4.57. The molecule has 0 saturated heterocycles. The van der Waals surface area contributed by atoms with Crippen LogP contribution in [-0.2, 0) is 0 Å². The number of nitrogens with zero attached hydrogens (tertiary/aromatic N) is 2. The lowest BCUT2D eigenvalue weighted by atomic mass is 10.3. The van der Waals surface area contributed by atoms with Gasteiger partial charge >= 0.3 is 12.3 Å². The Morgan fingerprint density at radius 3 is 2.47 bits per heavy atom. The molecule has 0 aliphatic heterocycles. The number of nitrogen functional groups attached to an aromatic ring is 1. The van der Waals surface area contributed by atoms with Crippen molar-refractivity contribution < 1.29 is 17.6 Å². The smallest absolute Gasteiger partial charge is 0.324 e. The van der Waals surface area contributed by atoms with Crippen LogP contribution < -0.4 is 16.6 Å². The van der Waals surface area contributed by atoms with Gasteiger partial charge in [-0.1, -0.05) is 0 Å². The first-order valence-corrected chi connectivity index (χ1v) is 4.57. The van der Waals surface area contributed by atoms with Crippen LogP contribution in [0, 0.1) is 6.92 Å². The Morgan fingerprint density at radius 1 is 1.35 bits per heavy atom. The van der Waals surface area contributed by atoms with E-state index in [1.807, 2.05) is 0 Å². The van der Waals surface area contributed by atoms with Gasteiger partial charge in [-0.3, -0.25) is 0 Å². The van der Waals surface area contributed by atoms with Crippen LogP contribution in [0.1, 0.15) is 5.82 Å². The zero-order valence-electron chi connectivity index (χ0n) is 8.85. The molecule has 1 rings (SSSR count). The first kappa shape index (κ1) is 13.4. The first-order chi connectivity index (χ1) is 7.85. The molecule has 4 N–H and O–H groups in total. The van der Waals surface area contributed by atoms with Crippen molar-refractivity contribution in [3.05, 3.63) is 11.9 Å². The molecule has 96 valence electrons. The lowest BCUT2D eigenvalue weighted by molar-refractivity contribution is -0.117. The highest BCUT2D eigenvalue weighted by molar-refractivity contribution is 5.46. The summed E-state index contributed by atoms with van der Waals surface area (Å²) in [6.45, 7) is 0.294. The number of aryl methyl sites for hydroxylation is 1. The van der Waals surface area contributed by atoms with E-state index < -0.39 is 18.9 Å². The van der Waals surface area contributed by atoms with Crippen molar-refractivity contribution in [1.29, 1.82) is 0 Å². The van der Waals surface area contributed by atoms with Gasteiger partial charge in [0.1, 0.15) is 17.5 Å². The molecule has 1 aromatic rings. The van der Waals surface area contributed by atoms with E-state index in [1.165, 1.54) is 13.0 Å². The summed E-state index contributed by atoms with van der Waals surface area (Å²) in [5, 5.41) is 2.11. The summed E-state index contributed by atoms with van der Waals surface area (Å²) in [6, 6.07) is 1.23. The molecule has 1 aromatic heterocycles. The zero-order chi connectivity index (χ0) is 13.1. The van der Waals surface area contributed by atoms with Crippen LogP contribution in [-0.4, -0.2) is 28.9 Å². The summed E-state index contributed by atoms with van der Waals surface area (Å²) in [5.41, 5.74) is 2.20. The summed E-state index contributed by atoms with van der Waals surface area (Å²) in [5.74, 6) is 1.42. The van der Waals surface area contributed by atoms with Crippen LogP contribution in [0.2, 0.25) is 0 Å². The molecule has 17 heavy (non-hydrogen) atoms. The highest BCUT2D eigenvalue weighted by Gasteiger charge is 2.40. The van der Waals surface area contributed by atoms with Crippen LogP contribution in [0.15, 0.2) is 6.07 Å². The lowest BCUT2D eigenvalue weighted by Gasteiger charge is -2.16. The number of nitrogens with two attached hydrogens (primary N) is 1.